The van der Waals surface area contributed by atoms with E-state index in [-0.39, 0.29) is 6.61 Å². The zero-order valence-electron chi connectivity index (χ0n) is 15.6. The first-order chi connectivity index (χ1) is 13.0. The lowest BCUT2D eigenvalue weighted by molar-refractivity contribution is -0.176. The number of benzene rings is 1. The second-order valence-electron chi connectivity index (χ2n) is 6.65. The van der Waals surface area contributed by atoms with Crippen LogP contribution in [0.4, 0.5) is 13.2 Å². The van der Waals surface area contributed by atoms with Gasteiger partial charge in [-0.25, -0.2) is 0 Å². The highest BCUT2D eigenvalue weighted by Gasteiger charge is 2.27. The summed E-state index contributed by atoms with van der Waals surface area (Å²) in [6, 6.07) is 7.27. The summed E-state index contributed by atoms with van der Waals surface area (Å²) in [5, 5.41) is 6.41. The van der Waals surface area contributed by atoms with E-state index < -0.39 is 12.8 Å². The number of ether oxygens (including phenoxy) is 2. The van der Waals surface area contributed by atoms with Crippen LogP contribution in [0.1, 0.15) is 30.4 Å². The van der Waals surface area contributed by atoms with Gasteiger partial charge < -0.3 is 20.1 Å². The Morgan fingerprint density at radius 2 is 1.96 bits per heavy atom. The van der Waals surface area contributed by atoms with Crippen LogP contribution in [-0.4, -0.2) is 45.5 Å². The molecule has 1 aromatic carbocycles. The molecule has 8 heteroatoms. The van der Waals surface area contributed by atoms with Crippen molar-refractivity contribution in [2.75, 3.05) is 33.4 Å². The lowest BCUT2D eigenvalue weighted by atomic mass is 10.1. The number of nitrogens with zero attached hydrogens (tertiary/aromatic N) is 1. The summed E-state index contributed by atoms with van der Waals surface area (Å²) < 4.78 is 46.7. The Bertz CT molecular complexity index is 590. The molecule has 0 bridgehead atoms. The van der Waals surface area contributed by atoms with Gasteiger partial charge in [0.15, 0.2) is 5.96 Å². The van der Waals surface area contributed by atoms with Crippen molar-refractivity contribution in [2.24, 2.45) is 10.9 Å². The van der Waals surface area contributed by atoms with Crippen molar-refractivity contribution in [1.82, 2.24) is 10.6 Å². The summed E-state index contributed by atoms with van der Waals surface area (Å²) in [6.07, 6.45) is -0.811. The van der Waals surface area contributed by atoms with Crippen molar-refractivity contribution in [3.63, 3.8) is 0 Å². The first-order valence-corrected chi connectivity index (χ1v) is 9.21. The van der Waals surface area contributed by atoms with Crippen molar-refractivity contribution >= 4 is 5.96 Å². The number of rotatable bonds is 11. The molecule has 27 heavy (non-hydrogen) atoms. The van der Waals surface area contributed by atoms with Crippen LogP contribution in [0.2, 0.25) is 0 Å². The average molecular weight is 387 g/mol. The molecule has 2 N–H and O–H groups in total. The molecule has 0 spiro atoms. The first kappa shape index (κ1) is 21.5. The number of alkyl halides is 3. The molecule has 1 fully saturated rings. The van der Waals surface area contributed by atoms with Crippen LogP contribution < -0.4 is 10.6 Å². The number of halogens is 3. The molecule has 0 aromatic heterocycles. The minimum atomic E-state index is -4.31. The molecular weight excluding hydrogens is 359 g/mol. The molecular formula is C19H28F3N3O2. The Kier molecular flexibility index (Phi) is 8.87. The molecule has 0 heterocycles. The Morgan fingerprint density at radius 3 is 2.67 bits per heavy atom. The topological polar surface area (TPSA) is 54.9 Å². The van der Waals surface area contributed by atoms with E-state index in [1.54, 1.807) is 19.2 Å². The third kappa shape index (κ3) is 10.2. The molecule has 1 saturated carbocycles. The monoisotopic (exact) mass is 387 g/mol. The second-order valence-corrected chi connectivity index (χ2v) is 6.65. The fourth-order valence-corrected chi connectivity index (χ4v) is 2.44. The van der Waals surface area contributed by atoms with Crippen LogP contribution >= 0.6 is 0 Å². The van der Waals surface area contributed by atoms with Gasteiger partial charge in [0.25, 0.3) is 0 Å². The maximum absolute atomic E-state index is 12.1. The van der Waals surface area contributed by atoms with Gasteiger partial charge in [-0.2, -0.15) is 13.2 Å². The van der Waals surface area contributed by atoms with Crippen LogP contribution in [0.3, 0.4) is 0 Å². The molecule has 1 aliphatic carbocycles. The molecule has 152 valence electrons. The molecule has 0 radical (unpaired) electrons. The minimum Gasteiger partial charge on any atom is -0.381 e. The van der Waals surface area contributed by atoms with Crippen LogP contribution in [0.15, 0.2) is 29.3 Å². The highest BCUT2D eigenvalue weighted by Crippen LogP contribution is 2.28. The van der Waals surface area contributed by atoms with E-state index in [0.717, 1.165) is 37.7 Å². The largest absolute Gasteiger partial charge is 0.411 e. The zero-order chi connectivity index (χ0) is 19.5. The van der Waals surface area contributed by atoms with E-state index in [0.29, 0.717) is 18.1 Å². The standard InChI is InChI=1S/C19H28F3N3O2/c1-23-18(24-8-3-9-26-12-15-6-7-15)25-11-16-4-2-5-17(10-16)13-27-14-19(20,21)22/h2,4-5,10,15H,3,6-9,11-14H2,1H3,(H2,23,24,25). The van der Waals surface area contributed by atoms with Crippen LogP contribution in [0.25, 0.3) is 0 Å². The fraction of sp³-hybridized carbons (Fsp3) is 0.632. The van der Waals surface area contributed by atoms with Crippen molar-refractivity contribution in [3.05, 3.63) is 35.4 Å². The number of hydrogen-bond acceptors (Lipinski definition) is 3. The molecule has 0 saturated heterocycles. The van der Waals surface area contributed by atoms with Gasteiger partial charge in [-0.15, -0.1) is 0 Å². The second kappa shape index (κ2) is 11.1. The maximum Gasteiger partial charge on any atom is 0.411 e. The summed E-state index contributed by atoms with van der Waals surface area (Å²) in [5.74, 6) is 1.46. The Hall–Kier alpha value is -1.80. The van der Waals surface area contributed by atoms with E-state index in [1.807, 2.05) is 12.1 Å². The Morgan fingerprint density at radius 1 is 1.19 bits per heavy atom. The quantitative estimate of drug-likeness (QED) is 0.348. The average Bonchev–Trinajstić information content (AvgIpc) is 3.44. The summed E-state index contributed by atoms with van der Waals surface area (Å²) in [6.45, 7) is 1.58. The predicted molar refractivity (Wildman–Crippen MR) is 98.5 cm³/mol. The van der Waals surface area contributed by atoms with Crippen LogP contribution in [0.5, 0.6) is 0 Å². The van der Waals surface area contributed by atoms with Gasteiger partial charge in [0.05, 0.1) is 6.61 Å². The van der Waals surface area contributed by atoms with Gasteiger partial charge in [0.1, 0.15) is 6.61 Å². The van der Waals surface area contributed by atoms with Gasteiger partial charge in [-0.1, -0.05) is 24.3 Å². The third-order valence-corrected chi connectivity index (χ3v) is 4.02. The number of hydrogen-bond donors (Lipinski definition) is 2. The predicted octanol–water partition coefficient (Wildman–Crippen LogP) is 3.25. The van der Waals surface area contributed by atoms with E-state index in [1.165, 1.54) is 12.8 Å². The lowest BCUT2D eigenvalue weighted by Gasteiger charge is -2.13. The zero-order valence-corrected chi connectivity index (χ0v) is 15.6. The number of aliphatic imine (C=N–C) groups is 1. The van der Waals surface area contributed by atoms with Crippen molar-refractivity contribution in [1.29, 1.82) is 0 Å². The smallest absolute Gasteiger partial charge is 0.381 e. The summed E-state index contributed by atoms with van der Waals surface area (Å²) in [4.78, 5) is 4.16. The highest BCUT2D eigenvalue weighted by molar-refractivity contribution is 5.79. The van der Waals surface area contributed by atoms with Crippen molar-refractivity contribution in [2.45, 2.75) is 38.6 Å². The normalized spacial score (nSPS) is 15.0. The van der Waals surface area contributed by atoms with E-state index in [4.69, 9.17) is 9.47 Å². The van der Waals surface area contributed by atoms with Gasteiger partial charge >= 0.3 is 6.18 Å². The van der Waals surface area contributed by atoms with Gasteiger partial charge in [-0.3, -0.25) is 4.99 Å². The van der Waals surface area contributed by atoms with Crippen molar-refractivity contribution < 1.29 is 22.6 Å². The third-order valence-electron chi connectivity index (χ3n) is 4.02. The lowest BCUT2D eigenvalue weighted by Crippen LogP contribution is -2.37. The molecule has 0 unspecified atom stereocenters. The summed E-state index contributed by atoms with van der Waals surface area (Å²) >= 11 is 0. The number of nitrogens with one attached hydrogen (secondary N) is 2. The minimum absolute atomic E-state index is 0.0683. The van der Waals surface area contributed by atoms with Crippen molar-refractivity contribution in [3.8, 4) is 0 Å². The highest BCUT2D eigenvalue weighted by atomic mass is 19.4. The van der Waals surface area contributed by atoms with Gasteiger partial charge in [0, 0.05) is 33.4 Å². The molecule has 1 aliphatic rings. The van der Waals surface area contributed by atoms with E-state index in [2.05, 4.69) is 15.6 Å². The molecule has 0 aliphatic heterocycles. The first-order valence-electron chi connectivity index (χ1n) is 9.21. The molecule has 0 amide bonds. The maximum atomic E-state index is 12.1. The van der Waals surface area contributed by atoms with Gasteiger partial charge in [-0.05, 0) is 36.3 Å². The SMILES string of the molecule is CN=C(NCCCOCC1CC1)NCc1cccc(COCC(F)(F)F)c1. The van der Waals surface area contributed by atoms with E-state index >= 15 is 0 Å². The van der Waals surface area contributed by atoms with E-state index in [9.17, 15) is 13.2 Å². The fourth-order valence-electron chi connectivity index (χ4n) is 2.44. The Labute approximate surface area is 158 Å². The van der Waals surface area contributed by atoms with Crippen LogP contribution in [-0.2, 0) is 22.6 Å². The molecule has 2 rings (SSSR count). The molecule has 5 nitrogen and oxygen atoms in total. The summed E-state index contributed by atoms with van der Waals surface area (Å²) in [5.41, 5.74) is 1.65. The van der Waals surface area contributed by atoms with Crippen LogP contribution in [0, 0.1) is 5.92 Å². The molecule has 0 atom stereocenters. The summed E-state index contributed by atoms with van der Waals surface area (Å²) in [7, 11) is 1.69. The number of guanidine groups is 1. The van der Waals surface area contributed by atoms with Gasteiger partial charge in [0.2, 0.25) is 0 Å². The Balaban J connectivity index is 1.63. The molecule has 1 aromatic rings.